The zero-order valence-corrected chi connectivity index (χ0v) is 14.2. The molecule has 1 aromatic heterocycles. The first kappa shape index (κ1) is 17.0. The highest BCUT2D eigenvalue weighted by atomic mass is 16.2. The molecule has 22 heavy (non-hydrogen) atoms. The van der Waals surface area contributed by atoms with Crippen LogP contribution in [0.4, 0.5) is 0 Å². The molecule has 1 aliphatic heterocycles. The summed E-state index contributed by atoms with van der Waals surface area (Å²) in [4.78, 5) is 14.9. The fourth-order valence-corrected chi connectivity index (χ4v) is 3.44. The van der Waals surface area contributed by atoms with Crippen molar-refractivity contribution in [1.82, 2.24) is 14.7 Å². The van der Waals surface area contributed by atoms with Crippen LogP contribution in [0.15, 0.2) is 12.4 Å². The van der Waals surface area contributed by atoms with Crippen molar-refractivity contribution in [3.8, 4) is 0 Å². The van der Waals surface area contributed by atoms with Crippen molar-refractivity contribution in [2.75, 3.05) is 19.6 Å². The second-order valence-corrected chi connectivity index (χ2v) is 6.39. The summed E-state index contributed by atoms with van der Waals surface area (Å²) >= 11 is 0. The number of carbonyl (C=O) groups excluding carboxylic acids is 1. The Bertz CT molecular complexity index is 476. The van der Waals surface area contributed by atoms with E-state index in [1.54, 1.807) is 0 Å². The van der Waals surface area contributed by atoms with Crippen LogP contribution in [0, 0.1) is 5.41 Å². The van der Waals surface area contributed by atoms with Crippen LogP contribution >= 0.6 is 0 Å². The average molecular weight is 306 g/mol. The first-order valence-electron chi connectivity index (χ1n) is 8.62. The minimum atomic E-state index is -0.361. The zero-order chi connectivity index (χ0) is 16.2. The molecule has 124 valence electrons. The van der Waals surface area contributed by atoms with Crippen LogP contribution in [0.5, 0.6) is 0 Å². The molecule has 0 saturated carbocycles. The molecular formula is C17H30N4O. The second kappa shape index (κ2) is 7.27. The second-order valence-electron chi connectivity index (χ2n) is 6.39. The number of hydrogen-bond donors (Lipinski definition) is 1. The van der Waals surface area contributed by atoms with Crippen molar-refractivity contribution in [1.29, 1.82) is 0 Å². The van der Waals surface area contributed by atoms with Crippen LogP contribution in [0.3, 0.4) is 0 Å². The van der Waals surface area contributed by atoms with Crippen molar-refractivity contribution in [2.45, 2.75) is 58.9 Å². The molecule has 1 fully saturated rings. The van der Waals surface area contributed by atoms with E-state index >= 15 is 0 Å². The fourth-order valence-electron chi connectivity index (χ4n) is 3.44. The first-order valence-corrected chi connectivity index (χ1v) is 8.62. The Kier molecular flexibility index (Phi) is 5.62. The van der Waals surface area contributed by atoms with Gasteiger partial charge in [-0.2, -0.15) is 5.10 Å². The number of likely N-dealkylation sites (tertiary alicyclic amines) is 1. The van der Waals surface area contributed by atoms with Crippen molar-refractivity contribution in [3.05, 3.63) is 18.0 Å². The first-order chi connectivity index (χ1) is 10.6. The van der Waals surface area contributed by atoms with Gasteiger partial charge in [-0.3, -0.25) is 9.48 Å². The monoisotopic (exact) mass is 306 g/mol. The molecule has 1 saturated heterocycles. The molecule has 0 bridgehead atoms. The lowest BCUT2D eigenvalue weighted by Crippen LogP contribution is -2.49. The minimum absolute atomic E-state index is 0.253. The van der Waals surface area contributed by atoms with Gasteiger partial charge in [-0.1, -0.05) is 13.8 Å². The number of nitrogens with zero attached hydrogens (tertiary/aromatic N) is 3. The molecule has 0 aliphatic carbocycles. The standard InChI is InChI=1S/C17H30N4O/c1-4-17(5-2,13-18)16(22)20-9-7-14(8-10-20)15-11-19-21(6-3)12-15/h11-12,14H,4-10,13,18H2,1-3H3. The summed E-state index contributed by atoms with van der Waals surface area (Å²) in [5.41, 5.74) is 6.86. The van der Waals surface area contributed by atoms with Gasteiger partial charge in [0.2, 0.25) is 5.91 Å². The zero-order valence-electron chi connectivity index (χ0n) is 14.2. The summed E-state index contributed by atoms with van der Waals surface area (Å²) in [5, 5.41) is 4.36. The maximum atomic E-state index is 12.8. The van der Waals surface area contributed by atoms with Gasteiger partial charge in [0.05, 0.1) is 11.6 Å². The molecule has 0 unspecified atom stereocenters. The van der Waals surface area contributed by atoms with E-state index in [4.69, 9.17) is 5.73 Å². The Labute approximate surface area is 133 Å². The molecule has 0 radical (unpaired) electrons. The van der Waals surface area contributed by atoms with E-state index in [0.29, 0.717) is 12.5 Å². The van der Waals surface area contributed by atoms with Crippen LogP contribution in [0.2, 0.25) is 0 Å². The lowest BCUT2D eigenvalue weighted by atomic mass is 9.80. The van der Waals surface area contributed by atoms with E-state index < -0.39 is 0 Å². The Morgan fingerprint density at radius 3 is 2.41 bits per heavy atom. The van der Waals surface area contributed by atoms with Crippen LogP contribution < -0.4 is 5.73 Å². The lowest BCUT2D eigenvalue weighted by Gasteiger charge is -2.39. The van der Waals surface area contributed by atoms with Gasteiger partial charge in [-0.05, 0) is 44.1 Å². The summed E-state index contributed by atoms with van der Waals surface area (Å²) in [6, 6.07) is 0. The number of aromatic nitrogens is 2. The van der Waals surface area contributed by atoms with Gasteiger partial charge in [-0.15, -0.1) is 0 Å². The van der Waals surface area contributed by atoms with Crippen LogP contribution in [-0.4, -0.2) is 40.2 Å². The Hall–Kier alpha value is -1.36. The highest BCUT2D eigenvalue weighted by Crippen LogP contribution is 2.32. The number of rotatable bonds is 6. The van der Waals surface area contributed by atoms with Gasteiger partial charge in [0.1, 0.15) is 0 Å². The van der Waals surface area contributed by atoms with E-state index in [0.717, 1.165) is 45.3 Å². The molecule has 0 atom stereocenters. The molecule has 1 aliphatic rings. The molecule has 1 aromatic rings. The molecule has 5 heteroatoms. The number of hydrogen-bond acceptors (Lipinski definition) is 3. The highest BCUT2D eigenvalue weighted by molar-refractivity contribution is 5.83. The van der Waals surface area contributed by atoms with Crippen molar-refractivity contribution >= 4 is 5.91 Å². The minimum Gasteiger partial charge on any atom is -0.342 e. The van der Waals surface area contributed by atoms with Gasteiger partial charge in [0, 0.05) is 32.4 Å². The lowest BCUT2D eigenvalue weighted by molar-refractivity contribution is -0.143. The number of piperidine rings is 1. The molecule has 5 nitrogen and oxygen atoms in total. The smallest absolute Gasteiger partial charge is 0.230 e. The number of carbonyl (C=O) groups is 1. The van der Waals surface area contributed by atoms with Crippen LogP contribution in [-0.2, 0) is 11.3 Å². The summed E-state index contributed by atoms with van der Waals surface area (Å²) in [6.45, 7) is 9.26. The van der Waals surface area contributed by atoms with Gasteiger partial charge in [-0.25, -0.2) is 0 Å². The van der Waals surface area contributed by atoms with E-state index in [2.05, 4.69) is 32.1 Å². The van der Waals surface area contributed by atoms with Crippen molar-refractivity contribution < 1.29 is 4.79 Å². The predicted molar refractivity (Wildman–Crippen MR) is 88.5 cm³/mol. The summed E-state index contributed by atoms with van der Waals surface area (Å²) in [6.07, 6.45) is 7.81. The third-order valence-corrected chi connectivity index (χ3v) is 5.43. The third kappa shape index (κ3) is 3.19. The molecule has 2 rings (SSSR count). The van der Waals surface area contributed by atoms with E-state index in [-0.39, 0.29) is 11.3 Å². The topological polar surface area (TPSA) is 64.2 Å². The van der Waals surface area contributed by atoms with Gasteiger partial charge >= 0.3 is 0 Å². The Balaban J connectivity index is 1.98. The Morgan fingerprint density at radius 1 is 1.32 bits per heavy atom. The summed E-state index contributed by atoms with van der Waals surface area (Å²) in [7, 11) is 0. The normalized spacial score (nSPS) is 17.0. The molecule has 2 heterocycles. The molecule has 0 aromatic carbocycles. The number of amides is 1. The van der Waals surface area contributed by atoms with E-state index in [9.17, 15) is 4.79 Å². The van der Waals surface area contributed by atoms with Gasteiger partial charge in [0.15, 0.2) is 0 Å². The van der Waals surface area contributed by atoms with Gasteiger partial charge < -0.3 is 10.6 Å². The van der Waals surface area contributed by atoms with Crippen LogP contribution in [0.1, 0.15) is 57.9 Å². The number of aryl methyl sites for hydroxylation is 1. The average Bonchev–Trinajstić information content (AvgIpc) is 3.06. The van der Waals surface area contributed by atoms with Crippen molar-refractivity contribution in [3.63, 3.8) is 0 Å². The quantitative estimate of drug-likeness (QED) is 0.877. The molecular weight excluding hydrogens is 276 g/mol. The Morgan fingerprint density at radius 2 is 1.95 bits per heavy atom. The summed E-state index contributed by atoms with van der Waals surface area (Å²) in [5.74, 6) is 0.780. The van der Waals surface area contributed by atoms with Gasteiger partial charge in [0.25, 0.3) is 0 Å². The maximum Gasteiger partial charge on any atom is 0.230 e. The predicted octanol–water partition coefficient (Wildman–Crippen LogP) is 2.37. The maximum absolute atomic E-state index is 12.8. The fraction of sp³-hybridized carbons (Fsp3) is 0.765. The molecule has 0 spiro atoms. The molecule has 1 amide bonds. The van der Waals surface area contributed by atoms with E-state index in [1.807, 2.05) is 15.8 Å². The third-order valence-electron chi connectivity index (χ3n) is 5.43. The SMILES string of the molecule is CCn1cc(C2CCN(C(=O)C(CC)(CC)CN)CC2)cn1. The molecule has 2 N–H and O–H groups in total. The van der Waals surface area contributed by atoms with Crippen LogP contribution in [0.25, 0.3) is 0 Å². The van der Waals surface area contributed by atoms with E-state index in [1.165, 1.54) is 5.56 Å². The highest BCUT2D eigenvalue weighted by Gasteiger charge is 2.38. The van der Waals surface area contributed by atoms with Crippen molar-refractivity contribution in [2.24, 2.45) is 11.1 Å². The largest absolute Gasteiger partial charge is 0.342 e. The number of nitrogens with two attached hydrogens (primary N) is 1. The summed E-state index contributed by atoms with van der Waals surface area (Å²) < 4.78 is 1.97.